The van der Waals surface area contributed by atoms with E-state index in [1.165, 1.54) is 4.31 Å². The normalized spacial score (nSPS) is 14.9. The van der Waals surface area contributed by atoms with Crippen LogP contribution in [-0.2, 0) is 34.8 Å². The summed E-state index contributed by atoms with van der Waals surface area (Å²) in [4.78, 5) is 20.4. The van der Waals surface area contributed by atoms with Crippen LogP contribution in [0.25, 0.3) is 0 Å². The second kappa shape index (κ2) is 8.05. The topological polar surface area (TPSA) is 83.1 Å². The molecule has 3 aromatic rings. The monoisotopic (exact) mass is 437 g/mol. The van der Waals surface area contributed by atoms with Crippen LogP contribution < -0.4 is 5.56 Å². The lowest BCUT2D eigenvalue weighted by molar-refractivity contribution is 0.384. The minimum atomic E-state index is -3.69. The minimum Gasteiger partial charge on any atom is -0.310 e. The van der Waals surface area contributed by atoms with Crippen molar-refractivity contribution in [2.75, 3.05) is 6.54 Å². The quantitative estimate of drug-likeness (QED) is 0.678. The molecule has 0 amide bonds. The summed E-state index contributed by atoms with van der Waals surface area (Å²) in [5.74, 6) is 0.601. The zero-order valence-corrected chi connectivity index (χ0v) is 18.9. The first-order valence-corrected chi connectivity index (χ1v) is 11.8. The van der Waals surface area contributed by atoms with E-state index in [1.54, 1.807) is 12.1 Å². The van der Waals surface area contributed by atoms with Crippen molar-refractivity contribution in [1.82, 2.24) is 14.3 Å². The third kappa shape index (κ3) is 4.48. The van der Waals surface area contributed by atoms with E-state index in [9.17, 15) is 13.2 Å². The maximum absolute atomic E-state index is 13.2. The van der Waals surface area contributed by atoms with Gasteiger partial charge in [0.05, 0.1) is 16.2 Å². The summed E-state index contributed by atoms with van der Waals surface area (Å²) in [5, 5.41) is 0. The van der Waals surface area contributed by atoms with Gasteiger partial charge in [0, 0.05) is 25.9 Å². The maximum atomic E-state index is 13.2. The van der Waals surface area contributed by atoms with Gasteiger partial charge in [-0.15, -0.1) is 0 Å². The van der Waals surface area contributed by atoms with E-state index in [0.29, 0.717) is 36.5 Å². The Labute approximate surface area is 183 Å². The Morgan fingerprint density at radius 2 is 1.71 bits per heavy atom. The number of hydrogen-bond donors (Lipinski definition) is 1. The van der Waals surface area contributed by atoms with Crippen LogP contribution in [0.3, 0.4) is 0 Å². The Bertz CT molecular complexity index is 1240. The molecule has 2 aromatic carbocycles. The molecule has 7 heteroatoms. The fourth-order valence-corrected chi connectivity index (χ4v) is 5.21. The minimum absolute atomic E-state index is 0.0344. The highest BCUT2D eigenvalue weighted by atomic mass is 32.2. The molecule has 0 radical (unpaired) electrons. The molecule has 1 aliphatic heterocycles. The predicted octanol–water partition coefficient (Wildman–Crippen LogP) is 3.41. The van der Waals surface area contributed by atoms with Crippen molar-refractivity contribution in [3.8, 4) is 0 Å². The fraction of sp³-hybridized carbons (Fsp3) is 0.333. The van der Waals surface area contributed by atoms with Crippen LogP contribution in [0.15, 0.2) is 64.3 Å². The Balaban J connectivity index is 1.57. The van der Waals surface area contributed by atoms with Gasteiger partial charge < -0.3 is 4.98 Å². The van der Waals surface area contributed by atoms with Gasteiger partial charge in [0.15, 0.2) is 0 Å². The van der Waals surface area contributed by atoms with Crippen molar-refractivity contribution in [3.05, 3.63) is 93.2 Å². The molecule has 1 aromatic heterocycles. The SMILES string of the molecule is CC(C)(C)c1ccc(S(=O)(=O)N2CCc3nc(Cc4ccccc4)[nH]c(=O)c3C2)cc1. The second-order valence-corrected chi connectivity index (χ2v) is 10.9. The van der Waals surface area contributed by atoms with E-state index in [1.807, 2.05) is 42.5 Å². The van der Waals surface area contributed by atoms with E-state index in [2.05, 4.69) is 30.7 Å². The number of nitrogens with one attached hydrogen (secondary N) is 1. The molecule has 6 nitrogen and oxygen atoms in total. The number of hydrogen-bond acceptors (Lipinski definition) is 4. The lowest BCUT2D eigenvalue weighted by Gasteiger charge is -2.27. The van der Waals surface area contributed by atoms with Gasteiger partial charge in [-0.05, 0) is 28.7 Å². The molecule has 0 spiro atoms. The Morgan fingerprint density at radius 3 is 2.35 bits per heavy atom. The highest BCUT2D eigenvalue weighted by Crippen LogP contribution is 2.26. The van der Waals surface area contributed by atoms with Crippen molar-refractivity contribution in [3.63, 3.8) is 0 Å². The molecule has 0 saturated carbocycles. The number of sulfonamides is 1. The molecule has 0 atom stereocenters. The molecular weight excluding hydrogens is 410 g/mol. The van der Waals surface area contributed by atoms with Gasteiger partial charge in [-0.1, -0.05) is 63.2 Å². The molecule has 0 unspecified atom stereocenters. The molecule has 4 rings (SSSR count). The Kier molecular flexibility index (Phi) is 5.58. The van der Waals surface area contributed by atoms with Gasteiger partial charge in [-0.2, -0.15) is 4.31 Å². The molecule has 0 fully saturated rings. The number of aromatic amines is 1. The molecule has 31 heavy (non-hydrogen) atoms. The second-order valence-electron chi connectivity index (χ2n) is 8.96. The molecule has 2 heterocycles. The summed E-state index contributed by atoms with van der Waals surface area (Å²) in [5.41, 5.74) is 2.93. The molecule has 1 N–H and O–H groups in total. The van der Waals surface area contributed by atoms with Gasteiger partial charge >= 0.3 is 0 Å². The Hall–Kier alpha value is -2.77. The zero-order chi connectivity index (χ0) is 22.2. The summed E-state index contributed by atoms with van der Waals surface area (Å²) in [6.07, 6.45) is 0.950. The van der Waals surface area contributed by atoms with Crippen LogP contribution in [0.4, 0.5) is 0 Å². The smallest absolute Gasteiger partial charge is 0.255 e. The van der Waals surface area contributed by atoms with Crippen LogP contribution in [0.5, 0.6) is 0 Å². The molecular formula is C24H27N3O3S. The van der Waals surface area contributed by atoms with Gasteiger partial charge in [0.25, 0.3) is 5.56 Å². The van der Waals surface area contributed by atoms with E-state index in [-0.39, 0.29) is 22.4 Å². The standard InChI is InChI=1S/C24H27N3O3S/c1-24(2,3)18-9-11-19(12-10-18)31(29,30)27-14-13-21-20(16-27)23(28)26-22(25-21)15-17-7-5-4-6-8-17/h4-12H,13-16H2,1-3H3,(H,25,26,28). The molecule has 162 valence electrons. The number of H-pyrrole nitrogens is 1. The van der Waals surface area contributed by atoms with Crippen LogP contribution >= 0.6 is 0 Å². The highest BCUT2D eigenvalue weighted by molar-refractivity contribution is 7.89. The number of nitrogens with zero attached hydrogens (tertiary/aromatic N) is 2. The molecule has 0 bridgehead atoms. The largest absolute Gasteiger partial charge is 0.310 e. The van der Waals surface area contributed by atoms with E-state index in [4.69, 9.17) is 0 Å². The van der Waals surface area contributed by atoms with Gasteiger partial charge in [-0.3, -0.25) is 4.79 Å². The third-order valence-corrected chi connectivity index (χ3v) is 7.51. The zero-order valence-electron chi connectivity index (χ0n) is 18.1. The summed E-state index contributed by atoms with van der Waals surface area (Å²) in [6.45, 7) is 6.60. The van der Waals surface area contributed by atoms with Gasteiger partial charge in [-0.25, -0.2) is 13.4 Å². The predicted molar refractivity (Wildman–Crippen MR) is 121 cm³/mol. The first-order chi connectivity index (χ1) is 14.6. The van der Waals surface area contributed by atoms with Crippen molar-refractivity contribution in [2.45, 2.75) is 50.5 Å². The molecule has 0 aliphatic carbocycles. The number of aromatic nitrogens is 2. The van der Waals surface area contributed by atoms with Crippen molar-refractivity contribution in [2.24, 2.45) is 0 Å². The number of fused-ring (bicyclic) bond motifs is 1. The third-order valence-electron chi connectivity index (χ3n) is 5.66. The first kappa shape index (κ1) is 21.5. The first-order valence-electron chi connectivity index (χ1n) is 10.4. The molecule has 0 saturated heterocycles. The van der Waals surface area contributed by atoms with E-state index in [0.717, 1.165) is 11.1 Å². The van der Waals surface area contributed by atoms with Gasteiger partial charge in [0.2, 0.25) is 10.0 Å². The van der Waals surface area contributed by atoms with Crippen LogP contribution in [0.1, 0.15) is 49.0 Å². The average Bonchev–Trinajstić information content (AvgIpc) is 2.74. The average molecular weight is 438 g/mol. The summed E-state index contributed by atoms with van der Waals surface area (Å²) >= 11 is 0. The number of rotatable bonds is 4. The van der Waals surface area contributed by atoms with Crippen molar-refractivity contribution >= 4 is 10.0 Å². The maximum Gasteiger partial charge on any atom is 0.255 e. The highest BCUT2D eigenvalue weighted by Gasteiger charge is 2.31. The molecule has 1 aliphatic rings. The van der Waals surface area contributed by atoms with Crippen LogP contribution in [0, 0.1) is 0 Å². The summed E-state index contributed by atoms with van der Waals surface area (Å²) in [7, 11) is -3.69. The van der Waals surface area contributed by atoms with E-state index < -0.39 is 10.0 Å². The van der Waals surface area contributed by atoms with Crippen molar-refractivity contribution < 1.29 is 8.42 Å². The van der Waals surface area contributed by atoms with Crippen LogP contribution in [-0.4, -0.2) is 29.2 Å². The van der Waals surface area contributed by atoms with Crippen LogP contribution in [0.2, 0.25) is 0 Å². The number of benzene rings is 2. The Morgan fingerprint density at radius 1 is 1.03 bits per heavy atom. The summed E-state index contributed by atoms with van der Waals surface area (Å²) in [6, 6.07) is 16.8. The summed E-state index contributed by atoms with van der Waals surface area (Å²) < 4.78 is 27.7. The fourth-order valence-electron chi connectivity index (χ4n) is 3.81. The lowest BCUT2D eigenvalue weighted by Crippen LogP contribution is -2.39. The lowest BCUT2D eigenvalue weighted by atomic mass is 9.87. The van der Waals surface area contributed by atoms with Gasteiger partial charge in [0.1, 0.15) is 5.82 Å². The van der Waals surface area contributed by atoms with Crippen molar-refractivity contribution in [1.29, 1.82) is 0 Å². The van der Waals surface area contributed by atoms with E-state index >= 15 is 0 Å².